The minimum absolute atomic E-state index is 0.165. The molecule has 2 heteroatoms. The third kappa shape index (κ3) is 1.83. The Morgan fingerprint density at radius 3 is 2.76 bits per heavy atom. The maximum absolute atomic E-state index is 12.3. The number of benzene rings is 1. The summed E-state index contributed by atoms with van der Waals surface area (Å²) in [7, 11) is 0. The van der Waals surface area contributed by atoms with Gasteiger partial charge in [0.1, 0.15) is 0 Å². The van der Waals surface area contributed by atoms with E-state index in [0.29, 0.717) is 0 Å². The summed E-state index contributed by atoms with van der Waals surface area (Å²) in [5.74, 6) is 0.165. The van der Waals surface area contributed by atoms with Crippen LogP contribution in [0.3, 0.4) is 0 Å². The van der Waals surface area contributed by atoms with Crippen LogP contribution in [-0.4, -0.2) is 5.78 Å². The van der Waals surface area contributed by atoms with Crippen molar-refractivity contribution in [2.24, 2.45) is 0 Å². The zero-order chi connectivity index (χ0) is 11.8. The minimum atomic E-state index is 0.165. The van der Waals surface area contributed by atoms with E-state index in [-0.39, 0.29) is 5.78 Å². The molecule has 1 aromatic heterocycles. The second kappa shape index (κ2) is 4.11. The van der Waals surface area contributed by atoms with Gasteiger partial charge in [-0.1, -0.05) is 12.1 Å². The second-order valence-corrected chi connectivity index (χ2v) is 5.38. The Morgan fingerprint density at radius 2 is 2.00 bits per heavy atom. The van der Waals surface area contributed by atoms with Gasteiger partial charge in [0.15, 0.2) is 5.78 Å². The average molecular weight is 242 g/mol. The van der Waals surface area contributed by atoms with Crippen molar-refractivity contribution >= 4 is 17.1 Å². The van der Waals surface area contributed by atoms with Crippen molar-refractivity contribution in [2.75, 3.05) is 0 Å². The molecule has 2 aromatic rings. The number of rotatable bonds is 2. The topological polar surface area (TPSA) is 17.1 Å². The molecule has 0 N–H and O–H groups in total. The quantitative estimate of drug-likeness (QED) is 0.732. The van der Waals surface area contributed by atoms with Crippen molar-refractivity contribution in [3.05, 3.63) is 56.8 Å². The van der Waals surface area contributed by atoms with E-state index in [2.05, 4.69) is 12.1 Å². The van der Waals surface area contributed by atoms with Gasteiger partial charge in [0.05, 0.1) is 0 Å². The molecule has 0 saturated carbocycles. The first kappa shape index (κ1) is 10.7. The van der Waals surface area contributed by atoms with Gasteiger partial charge in [-0.25, -0.2) is 0 Å². The van der Waals surface area contributed by atoms with Crippen LogP contribution in [0.15, 0.2) is 29.0 Å². The Morgan fingerprint density at radius 1 is 1.18 bits per heavy atom. The molecule has 86 valence electrons. The molecule has 1 heterocycles. The molecule has 1 aliphatic carbocycles. The summed E-state index contributed by atoms with van der Waals surface area (Å²) in [4.78, 5) is 12.3. The highest BCUT2D eigenvalue weighted by atomic mass is 32.1. The molecular formula is C15H14OS. The molecule has 0 fully saturated rings. The third-order valence-corrected chi connectivity index (χ3v) is 4.32. The summed E-state index contributed by atoms with van der Waals surface area (Å²) in [6, 6.07) is 6.18. The highest BCUT2D eigenvalue weighted by Gasteiger charge is 2.16. The van der Waals surface area contributed by atoms with Crippen LogP contribution >= 0.6 is 11.3 Å². The minimum Gasteiger partial charge on any atom is -0.289 e. The van der Waals surface area contributed by atoms with E-state index >= 15 is 0 Å². The Balaban J connectivity index is 2.00. The van der Waals surface area contributed by atoms with Crippen LogP contribution in [-0.2, 0) is 12.8 Å². The number of fused-ring (bicyclic) bond motifs is 1. The lowest BCUT2D eigenvalue weighted by molar-refractivity contribution is 0.103. The standard InChI is InChI=1S/C15H14OS/c1-10-8-17-9-14(10)15(16)13-6-5-11-3-2-4-12(11)7-13/h5-9H,2-4H2,1H3. The van der Waals surface area contributed by atoms with Crippen molar-refractivity contribution in [3.8, 4) is 0 Å². The zero-order valence-electron chi connectivity index (χ0n) is 9.82. The van der Waals surface area contributed by atoms with Gasteiger partial charge in [-0.05, 0) is 54.3 Å². The molecule has 0 unspecified atom stereocenters. The number of thiophene rings is 1. The Labute approximate surface area is 105 Å². The summed E-state index contributed by atoms with van der Waals surface area (Å²) in [5.41, 5.74) is 5.56. The summed E-state index contributed by atoms with van der Waals surface area (Å²) < 4.78 is 0. The Hall–Kier alpha value is -1.41. The fraction of sp³-hybridized carbons (Fsp3) is 0.267. The van der Waals surface area contributed by atoms with Gasteiger partial charge in [0, 0.05) is 16.5 Å². The molecule has 0 saturated heterocycles. The molecule has 1 nitrogen and oxygen atoms in total. The van der Waals surface area contributed by atoms with Crippen molar-refractivity contribution in [1.29, 1.82) is 0 Å². The van der Waals surface area contributed by atoms with Gasteiger partial charge in [-0.3, -0.25) is 4.79 Å². The van der Waals surface area contributed by atoms with E-state index in [1.807, 2.05) is 23.8 Å². The molecular weight excluding hydrogens is 228 g/mol. The number of carbonyl (C=O) groups is 1. The fourth-order valence-electron chi connectivity index (χ4n) is 2.46. The van der Waals surface area contributed by atoms with Gasteiger partial charge in [0.25, 0.3) is 0 Å². The van der Waals surface area contributed by atoms with Crippen LogP contribution in [0.1, 0.15) is 39.0 Å². The van der Waals surface area contributed by atoms with Crippen LogP contribution in [0.2, 0.25) is 0 Å². The van der Waals surface area contributed by atoms with E-state index in [9.17, 15) is 4.79 Å². The number of aryl methyl sites for hydroxylation is 3. The first-order valence-electron chi connectivity index (χ1n) is 5.95. The predicted octanol–water partition coefficient (Wildman–Crippen LogP) is 3.78. The van der Waals surface area contributed by atoms with Crippen molar-refractivity contribution in [1.82, 2.24) is 0 Å². The van der Waals surface area contributed by atoms with E-state index in [1.165, 1.54) is 24.0 Å². The van der Waals surface area contributed by atoms with Crippen molar-refractivity contribution < 1.29 is 4.79 Å². The fourth-order valence-corrected chi connectivity index (χ4v) is 3.29. The summed E-state index contributed by atoms with van der Waals surface area (Å²) in [6.07, 6.45) is 3.52. The summed E-state index contributed by atoms with van der Waals surface area (Å²) in [5, 5.41) is 3.98. The molecule has 0 radical (unpaired) electrons. The van der Waals surface area contributed by atoms with Crippen LogP contribution in [0.25, 0.3) is 0 Å². The van der Waals surface area contributed by atoms with Crippen molar-refractivity contribution in [2.45, 2.75) is 26.2 Å². The van der Waals surface area contributed by atoms with E-state index in [4.69, 9.17) is 0 Å². The first-order chi connectivity index (χ1) is 8.25. The lowest BCUT2D eigenvalue weighted by Crippen LogP contribution is -2.02. The predicted molar refractivity (Wildman–Crippen MR) is 71.0 cm³/mol. The molecule has 0 atom stereocenters. The number of carbonyl (C=O) groups excluding carboxylic acids is 1. The molecule has 1 aromatic carbocycles. The van der Waals surface area contributed by atoms with Crippen LogP contribution in [0.5, 0.6) is 0 Å². The maximum Gasteiger partial charge on any atom is 0.194 e. The average Bonchev–Trinajstić information content (AvgIpc) is 2.95. The normalized spacial score (nSPS) is 13.7. The molecule has 0 aliphatic heterocycles. The third-order valence-electron chi connectivity index (χ3n) is 3.46. The SMILES string of the molecule is Cc1cscc1C(=O)c1ccc2c(c1)CCC2. The van der Waals surface area contributed by atoms with E-state index in [0.717, 1.165) is 23.1 Å². The molecule has 0 amide bonds. The van der Waals surface area contributed by atoms with Crippen LogP contribution in [0.4, 0.5) is 0 Å². The molecule has 1 aliphatic rings. The lowest BCUT2D eigenvalue weighted by atomic mass is 9.99. The van der Waals surface area contributed by atoms with Gasteiger partial charge in [0.2, 0.25) is 0 Å². The maximum atomic E-state index is 12.3. The smallest absolute Gasteiger partial charge is 0.194 e. The van der Waals surface area contributed by atoms with Crippen LogP contribution < -0.4 is 0 Å². The zero-order valence-corrected chi connectivity index (χ0v) is 10.6. The Kier molecular flexibility index (Phi) is 2.60. The van der Waals surface area contributed by atoms with Gasteiger partial charge >= 0.3 is 0 Å². The molecule has 3 rings (SSSR count). The molecule has 0 bridgehead atoms. The van der Waals surface area contributed by atoms with Gasteiger partial charge in [-0.2, -0.15) is 11.3 Å². The number of ketones is 1. The molecule has 0 spiro atoms. The lowest BCUT2D eigenvalue weighted by Gasteiger charge is -2.04. The van der Waals surface area contributed by atoms with E-state index in [1.54, 1.807) is 11.3 Å². The Bertz CT molecular complexity index is 580. The van der Waals surface area contributed by atoms with Crippen molar-refractivity contribution in [3.63, 3.8) is 0 Å². The summed E-state index contributed by atoms with van der Waals surface area (Å²) in [6.45, 7) is 2.00. The van der Waals surface area contributed by atoms with Crippen LogP contribution in [0, 0.1) is 6.92 Å². The molecule has 17 heavy (non-hydrogen) atoms. The highest BCUT2D eigenvalue weighted by molar-refractivity contribution is 7.08. The second-order valence-electron chi connectivity index (χ2n) is 4.63. The van der Waals surface area contributed by atoms with Gasteiger partial charge < -0.3 is 0 Å². The van der Waals surface area contributed by atoms with E-state index < -0.39 is 0 Å². The first-order valence-corrected chi connectivity index (χ1v) is 6.89. The highest BCUT2D eigenvalue weighted by Crippen LogP contribution is 2.25. The summed E-state index contributed by atoms with van der Waals surface area (Å²) >= 11 is 1.59. The largest absolute Gasteiger partial charge is 0.289 e. The number of hydrogen-bond donors (Lipinski definition) is 0. The van der Waals surface area contributed by atoms with Gasteiger partial charge in [-0.15, -0.1) is 0 Å². The number of hydrogen-bond acceptors (Lipinski definition) is 2. The monoisotopic (exact) mass is 242 g/mol.